The van der Waals surface area contributed by atoms with E-state index in [1.54, 1.807) is 32.9 Å². The van der Waals surface area contributed by atoms with Crippen LogP contribution in [-0.2, 0) is 0 Å². The van der Waals surface area contributed by atoms with E-state index in [-0.39, 0.29) is 22.9 Å². The van der Waals surface area contributed by atoms with Crippen LogP contribution in [0.3, 0.4) is 0 Å². The average molecular weight is 326 g/mol. The van der Waals surface area contributed by atoms with E-state index >= 15 is 0 Å². The molecule has 1 aliphatic rings. The van der Waals surface area contributed by atoms with Crippen molar-refractivity contribution in [2.24, 2.45) is 0 Å². The Labute approximate surface area is 138 Å². The fourth-order valence-corrected chi connectivity index (χ4v) is 2.48. The van der Waals surface area contributed by atoms with Gasteiger partial charge in [0, 0.05) is 5.56 Å². The highest BCUT2D eigenvalue weighted by Gasteiger charge is 2.31. The molecule has 0 N–H and O–H groups in total. The molecular weight excluding hydrogens is 311 g/mol. The highest BCUT2D eigenvalue weighted by Crippen LogP contribution is 2.39. The molecule has 0 aliphatic carbocycles. The number of Topliss-reactive ketones (excluding diaryl/α,β-unsaturated/α-hetero) is 1. The van der Waals surface area contributed by atoms with Crippen molar-refractivity contribution in [3.63, 3.8) is 0 Å². The number of allylic oxidation sites excluding steroid dienone is 2. The third kappa shape index (κ3) is 2.58. The summed E-state index contributed by atoms with van der Waals surface area (Å²) in [6.45, 7) is 5.26. The summed E-state index contributed by atoms with van der Waals surface area (Å²) in [6.07, 6.45) is 0. The number of halogens is 1. The molecule has 0 amide bonds. The predicted octanol–water partition coefficient (Wildman–Crippen LogP) is 4.22. The highest BCUT2D eigenvalue weighted by molar-refractivity contribution is 6.13. The first-order valence-electron chi connectivity index (χ1n) is 7.40. The van der Waals surface area contributed by atoms with Gasteiger partial charge in [-0.15, -0.1) is 0 Å². The van der Waals surface area contributed by atoms with Crippen LogP contribution in [0.5, 0.6) is 11.5 Å². The zero-order chi connectivity index (χ0) is 17.4. The molecule has 0 unspecified atom stereocenters. The molecule has 0 radical (unpaired) electrons. The number of carbonyl (C=O) groups excluding carboxylic acids is 2. The lowest BCUT2D eigenvalue weighted by Crippen LogP contribution is -2.11. The number of fused-ring (bicyclic) bond motifs is 1. The summed E-state index contributed by atoms with van der Waals surface area (Å²) in [6, 6.07) is 8.65. The van der Waals surface area contributed by atoms with Gasteiger partial charge < -0.3 is 9.47 Å². The molecule has 0 saturated carbocycles. The number of esters is 1. The van der Waals surface area contributed by atoms with Gasteiger partial charge in [-0.2, -0.15) is 0 Å². The van der Waals surface area contributed by atoms with Gasteiger partial charge in [0.25, 0.3) is 0 Å². The van der Waals surface area contributed by atoms with Crippen LogP contribution in [0.25, 0.3) is 0 Å². The Bertz CT molecular complexity index is 892. The van der Waals surface area contributed by atoms with Crippen LogP contribution in [0.1, 0.15) is 40.1 Å². The largest absolute Gasteiger partial charge is 0.452 e. The molecule has 122 valence electrons. The molecule has 4 nitrogen and oxygen atoms in total. The Morgan fingerprint density at radius 2 is 1.83 bits per heavy atom. The summed E-state index contributed by atoms with van der Waals surface area (Å²) < 4.78 is 24.6. The minimum Gasteiger partial charge on any atom is -0.452 e. The second kappa shape index (κ2) is 5.92. The topological polar surface area (TPSA) is 52.6 Å². The van der Waals surface area contributed by atoms with E-state index in [0.29, 0.717) is 16.9 Å². The van der Waals surface area contributed by atoms with E-state index < -0.39 is 11.8 Å². The van der Waals surface area contributed by atoms with Gasteiger partial charge in [0.15, 0.2) is 5.76 Å². The van der Waals surface area contributed by atoms with Crippen molar-refractivity contribution in [1.29, 1.82) is 0 Å². The van der Waals surface area contributed by atoms with E-state index in [1.807, 2.05) is 0 Å². The van der Waals surface area contributed by atoms with Gasteiger partial charge in [-0.3, -0.25) is 4.79 Å². The zero-order valence-corrected chi connectivity index (χ0v) is 13.5. The fraction of sp³-hybridized carbons (Fsp3) is 0.158. The lowest BCUT2D eigenvalue weighted by molar-refractivity contribution is 0.0728. The number of benzene rings is 2. The fourth-order valence-electron chi connectivity index (χ4n) is 2.48. The first-order chi connectivity index (χ1) is 11.4. The number of ether oxygens (including phenoxy) is 2. The number of carbonyl (C=O) groups is 2. The minimum absolute atomic E-state index is 0.153. The molecule has 24 heavy (non-hydrogen) atoms. The van der Waals surface area contributed by atoms with E-state index in [4.69, 9.17) is 9.47 Å². The molecule has 0 spiro atoms. The Morgan fingerprint density at radius 3 is 2.50 bits per heavy atom. The Balaban J connectivity index is 1.95. The van der Waals surface area contributed by atoms with Gasteiger partial charge in [-0.25, -0.2) is 9.18 Å². The summed E-state index contributed by atoms with van der Waals surface area (Å²) in [4.78, 5) is 24.4. The van der Waals surface area contributed by atoms with Crippen molar-refractivity contribution in [2.75, 3.05) is 0 Å². The lowest BCUT2D eigenvalue weighted by atomic mass is 10.1. The first-order valence-corrected chi connectivity index (χ1v) is 7.40. The summed E-state index contributed by atoms with van der Waals surface area (Å²) in [5.74, 6) is -0.770. The molecule has 0 fully saturated rings. The van der Waals surface area contributed by atoms with Crippen molar-refractivity contribution < 1.29 is 23.5 Å². The van der Waals surface area contributed by atoms with Crippen LogP contribution in [0.15, 0.2) is 47.7 Å². The van der Waals surface area contributed by atoms with Crippen LogP contribution >= 0.6 is 0 Å². The van der Waals surface area contributed by atoms with Crippen molar-refractivity contribution in [3.8, 4) is 11.5 Å². The maximum Gasteiger partial charge on any atom is 0.346 e. The van der Waals surface area contributed by atoms with E-state index in [1.165, 1.54) is 24.3 Å². The molecule has 0 atom stereocenters. The average Bonchev–Trinajstić information content (AvgIpc) is 2.88. The molecule has 2 aromatic carbocycles. The maximum absolute atomic E-state index is 13.7. The SMILES string of the molecule is CC(C)=C1Oc2c(ccc(OC(=O)c3ccccc3F)c2C)C1=O. The maximum atomic E-state index is 13.7. The monoisotopic (exact) mass is 326 g/mol. The first kappa shape index (κ1) is 15.9. The number of hydrogen-bond acceptors (Lipinski definition) is 4. The van der Waals surface area contributed by atoms with Gasteiger partial charge in [0.1, 0.15) is 17.3 Å². The Hall–Kier alpha value is -2.95. The van der Waals surface area contributed by atoms with E-state index in [0.717, 1.165) is 5.57 Å². The molecule has 3 rings (SSSR count). The standard InChI is InChI=1S/C19H15FO4/c1-10(2)17-16(21)13-8-9-15(11(3)18(13)24-17)23-19(22)12-6-4-5-7-14(12)20/h4-9H,1-3H3. The molecule has 2 aromatic rings. The zero-order valence-electron chi connectivity index (χ0n) is 13.5. The molecule has 1 heterocycles. The summed E-state index contributed by atoms with van der Waals surface area (Å²) in [5.41, 5.74) is 1.55. The van der Waals surface area contributed by atoms with Crippen molar-refractivity contribution in [3.05, 3.63) is 70.2 Å². The highest BCUT2D eigenvalue weighted by atomic mass is 19.1. The summed E-state index contributed by atoms with van der Waals surface area (Å²) >= 11 is 0. The Kier molecular flexibility index (Phi) is 3.93. The van der Waals surface area contributed by atoms with Crippen molar-refractivity contribution >= 4 is 11.8 Å². The lowest BCUT2D eigenvalue weighted by Gasteiger charge is -2.10. The van der Waals surface area contributed by atoms with Crippen LogP contribution in [0.4, 0.5) is 4.39 Å². The second-order valence-electron chi connectivity index (χ2n) is 5.70. The second-order valence-corrected chi connectivity index (χ2v) is 5.70. The van der Waals surface area contributed by atoms with E-state index in [2.05, 4.69) is 0 Å². The molecule has 0 bridgehead atoms. The van der Waals surface area contributed by atoms with Crippen LogP contribution < -0.4 is 9.47 Å². The smallest absolute Gasteiger partial charge is 0.346 e. The van der Waals surface area contributed by atoms with Crippen molar-refractivity contribution in [1.82, 2.24) is 0 Å². The number of ketones is 1. The summed E-state index contributed by atoms with van der Waals surface area (Å²) in [5, 5.41) is 0. The molecule has 1 aliphatic heterocycles. The van der Waals surface area contributed by atoms with Gasteiger partial charge in [-0.1, -0.05) is 12.1 Å². The Morgan fingerprint density at radius 1 is 1.12 bits per heavy atom. The van der Waals surface area contributed by atoms with Crippen LogP contribution in [0, 0.1) is 12.7 Å². The third-order valence-electron chi connectivity index (χ3n) is 3.76. The van der Waals surface area contributed by atoms with E-state index in [9.17, 15) is 14.0 Å². The molecular formula is C19H15FO4. The van der Waals surface area contributed by atoms with Crippen molar-refractivity contribution in [2.45, 2.75) is 20.8 Å². The van der Waals surface area contributed by atoms with Gasteiger partial charge in [-0.05, 0) is 50.6 Å². The van der Waals surface area contributed by atoms with Crippen LogP contribution in [-0.4, -0.2) is 11.8 Å². The summed E-state index contributed by atoms with van der Waals surface area (Å²) in [7, 11) is 0. The van der Waals surface area contributed by atoms with Crippen LogP contribution in [0.2, 0.25) is 0 Å². The molecule has 0 aromatic heterocycles. The third-order valence-corrected chi connectivity index (χ3v) is 3.76. The molecule has 5 heteroatoms. The number of rotatable bonds is 2. The predicted molar refractivity (Wildman–Crippen MR) is 85.9 cm³/mol. The van der Waals surface area contributed by atoms with Gasteiger partial charge in [0.2, 0.25) is 5.78 Å². The number of hydrogen-bond donors (Lipinski definition) is 0. The van der Waals surface area contributed by atoms with Gasteiger partial charge in [0.05, 0.1) is 11.1 Å². The normalized spacial score (nSPS) is 12.7. The quantitative estimate of drug-likeness (QED) is 0.471. The molecule has 0 saturated heterocycles. The van der Waals surface area contributed by atoms with Gasteiger partial charge >= 0.3 is 5.97 Å². The minimum atomic E-state index is -0.803.